The highest BCUT2D eigenvalue weighted by Crippen LogP contribution is 2.49. The number of carboxylic acids is 1. The fraction of sp³-hybridized carbons (Fsp3) is 0.406. The van der Waals surface area contributed by atoms with E-state index < -0.39 is 11.6 Å². The van der Waals surface area contributed by atoms with Crippen molar-refractivity contribution < 1.29 is 24.1 Å². The highest BCUT2D eigenvalue weighted by Gasteiger charge is 2.51. The highest BCUT2D eigenvalue weighted by molar-refractivity contribution is 5.68. The maximum absolute atomic E-state index is 10.9. The number of piperidine rings is 1. The van der Waals surface area contributed by atoms with Crippen molar-refractivity contribution in [2.75, 3.05) is 46.5 Å². The first-order valence-corrected chi connectivity index (χ1v) is 13.8. The average Bonchev–Trinajstić information content (AvgIpc) is 3.16. The lowest BCUT2D eigenvalue weighted by Crippen LogP contribution is -2.50. The van der Waals surface area contributed by atoms with Crippen LogP contribution in [0.3, 0.4) is 0 Å². The van der Waals surface area contributed by atoms with Crippen LogP contribution >= 0.6 is 0 Å². The van der Waals surface area contributed by atoms with Crippen molar-refractivity contribution in [2.45, 2.75) is 37.0 Å². The molecule has 1 atom stereocenters. The van der Waals surface area contributed by atoms with Crippen molar-refractivity contribution in [3.63, 3.8) is 0 Å². The molecule has 2 saturated heterocycles. The number of fused-ring (bicyclic) bond motifs is 2. The van der Waals surface area contributed by atoms with E-state index in [-0.39, 0.29) is 12.0 Å². The van der Waals surface area contributed by atoms with Crippen LogP contribution in [0.25, 0.3) is 0 Å². The van der Waals surface area contributed by atoms with Crippen LogP contribution in [0.1, 0.15) is 35.1 Å². The van der Waals surface area contributed by atoms with E-state index in [0.29, 0.717) is 19.8 Å². The first kappa shape index (κ1) is 26.0. The first-order chi connectivity index (χ1) is 18.9. The zero-order chi connectivity index (χ0) is 26.9. The second kappa shape index (κ2) is 10.4. The molecule has 3 aliphatic heterocycles. The molecule has 2 fully saturated rings. The number of para-hydroxylation sites is 1. The van der Waals surface area contributed by atoms with E-state index in [0.717, 1.165) is 47.5 Å². The van der Waals surface area contributed by atoms with Crippen LogP contribution in [0.5, 0.6) is 5.75 Å². The Balaban J connectivity index is 1.08. The molecule has 3 aromatic rings. The lowest BCUT2D eigenvalue weighted by molar-refractivity contribution is -0.220. The van der Waals surface area contributed by atoms with E-state index in [2.05, 4.69) is 60.9 Å². The molecule has 39 heavy (non-hydrogen) atoms. The fourth-order valence-corrected chi connectivity index (χ4v) is 6.69. The minimum atomic E-state index is -0.987. The van der Waals surface area contributed by atoms with Crippen LogP contribution in [0.4, 0.5) is 5.69 Å². The topological polar surface area (TPSA) is 77.0 Å². The highest BCUT2D eigenvalue weighted by atomic mass is 16.6. The summed E-state index contributed by atoms with van der Waals surface area (Å²) < 4.78 is 17.9. The number of benzene rings is 3. The van der Waals surface area contributed by atoms with Gasteiger partial charge in [-0.2, -0.15) is 0 Å². The van der Waals surface area contributed by atoms with Crippen molar-refractivity contribution in [2.24, 2.45) is 0 Å². The summed E-state index contributed by atoms with van der Waals surface area (Å²) in [6.45, 7) is 5.17. The number of hydrogen-bond acceptors (Lipinski definition) is 5. The summed E-state index contributed by atoms with van der Waals surface area (Å²) >= 11 is 0. The van der Waals surface area contributed by atoms with Gasteiger partial charge in [0.05, 0.1) is 32.2 Å². The number of aliphatic carboxylic acids is 1. The Morgan fingerprint density at radius 3 is 2.33 bits per heavy atom. The van der Waals surface area contributed by atoms with Crippen LogP contribution in [0.2, 0.25) is 0 Å². The molecule has 2 N–H and O–H groups in total. The molecule has 3 heterocycles. The monoisotopic (exact) mass is 529 g/mol. The third kappa shape index (κ3) is 5.08. The smallest absolute Gasteiger partial charge is 0.329 e. The Hall–Kier alpha value is -3.23. The largest absolute Gasteiger partial charge is 0.489 e. The molecule has 0 aromatic heterocycles. The third-order valence-corrected chi connectivity index (χ3v) is 8.75. The summed E-state index contributed by atoms with van der Waals surface area (Å²) in [6.07, 6.45) is 2.42. The Kier molecular flexibility index (Phi) is 6.93. The molecule has 0 saturated carbocycles. The maximum Gasteiger partial charge on any atom is 0.329 e. The minimum Gasteiger partial charge on any atom is -0.489 e. The standard InChI is InChI=1S/C32H36N2O5/c1-34(21-31(14-16-33-17-15-31)28-4-2-3-5-29(28)34)18-24-6-8-25(9-7-24)19-38-27-12-10-26(11-13-27)32(22-37-23-32)39-20-30(35)36/h2-13,33H,14-23H2,1H3/p+1. The van der Waals surface area contributed by atoms with Crippen LogP contribution in [0.15, 0.2) is 72.8 Å². The molecule has 3 aromatic carbocycles. The lowest BCUT2D eigenvalue weighted by Gasteiger charge is -2.41. The van der Waals surface area contributed by atoms with E-state index in [4.69, 9.17) is 19.3 Å². The molecule has 0 aliphatic carbocycles. The van der Waals surface area contributed by atoms with Gasteiger partial charge in [0.25, 0.3) is 0 Å². The first-order valence-electron chi connectivity index (χ1n) is 13.8. The van der Waals surface area contributed by atoms with Crippen molar-refractivity contribution in [1.82, 2.24) is 9.80 Å². The van der Waals surface area contributed by atoms with Crippen molar-refractivity contribution in [3.8, 4) is 5.75 Å². The average molecular weight is 530 g/mol. The zero-order valence-electron chi connectivity index (χ0n) is 22.5. The Morgan fingerprint density at radius 1 is 0.974 bits per heavy atom. The molecule has 0 bridgehead atoms. The van der Waals surface area contributed by atoms with E-state index in [1.165, 1.54) is 24.1 Å². The number of nitrogens with zero attached hydrogens (tertiary/aromatic N) is 1. The molecule has 0 amide bonds. The van der Waals surface area contributed by atoms with Crippen LogP contribution in [0, 0.1) is 0 Å². The summed E-state index contributed by atoms with van der Waals surface area (Å²) in [6, 6.07) is 25.5. The van der Waals surface area contributed by atoms with Gasteiger partial charge in [-0.3, -0.25) is 4.48 Å². The molecule has 7 nitrogen and oxygen atoms in total. The van der Waals surface area contributed by atoms with Crippen molar-refractivity contribution in [3.05, 3.63) is 95.1 Å². The van der Waals surface area contributed by atoms with Crippen LogP contribution < -0.4 is 14.5 Å². The number of carboxylic acid groups (broad SMARTS) is 1. The predicted octanol–water partition coefficient (Wildman–Crippen LogP) is 4.36. The van der Waals surface area contributed by atoms with E-state index in [1.807, 2.05) is 24.3 Å². The third-order valence-electron chi connectivity index (χ3n) is 8.75. The van der Waals surface area contributed by atoms with Crippen LogP contribution in [-0.4, -0.2) is 57.6 Å². The quantitative estimate of drug-likeness (QED) is 0.401. The van der Waals surface area contributed by atoms with Crippen molar-refractivity contribution >= 4 is 11.7 Å². The van der Waals surface area contributed by atoms with Crippen LogP contribution in [-0.2, 0) is 38.4 Å². The maximum atomic E-state index is 10.9. The Bertz CT molecular complexity index is 1310. The summed E-state index contributed by atoms with van der Waals surface area (Å²) in [5.74, 6) is -0.227. The van der Waals surface area contributed by atoms with Gasteiger partial charge >= 0.3 is 5.97 Å². The van der Waals surface area contributed by atoms with Crippen molar-refractivity contribution in [1.29, 1.82) is 0 Å². The zero-order valence-corrected chi connectivity index (χ0v) is 22.5. The molecular formula is C32H37N2O5+. The van der Waals surface area contributed by atoms with Gasteiger partial charge in [-0.25, -0.2) is 4.79 Å². The predicted molar refractivity (Wildman–Crippen MR) is 150 cm³/mol. The summed E-state index contributed by atoms with van der Waals surface area (Å²) in [7, 11) is 2.39. The lowest BCUT2D eigenvalue weighted by atomic mass is 9.75. The number of rotatable bonds is 9. The number of ether oxygens (including phenoxy) is 3. The van der Waals surface area contributed by atoms with Gasteiger partial charge < -0.3 is 24.6 Å². The second-order valence-corrected chi connectivity index (χ2v) is 11.6. The normalized spacial score (nSPS) is 22.7. The molecule has 1 unspecified atom stereocenters. The number of hydrogen-bond donors (Lipinski definition) is 2. The van der Waals surface area contributed by atoms with Gasteiger partial charge in [-0.15, -0.1) is 0 Å². The second-order valence-electron chi connectivity index (χ2n) is 11.6. The van der Waals surface area contributed by atoms with E-state index in [1.54, 1.807) is 5.56 Å². The van der Waals surface area contributed by atoms with E-state index in [9.17, 15) is 4.79 Å². The molecule has 7 heteroatoms. The van der Waals surface area contributed by atoms with Gasteiger partial charge in [0, 0.05) is 11.1 Å². The summed E-state index contributed by atoms with van der Waals surface area (Å²) in [4.78, 5) is 10.9. The Labute approximate surface area is 229 Å². The van der Waals surface area contributed by atoms with Gasteiger partial charge in [0.1, 0.15) is 36.8 Å². The SMILES string of the molecule is C[N+]1(Cc2ccc(COc3ccc(C4(OCC(=O)O)COC4)cc3)cc2)CC2(CCNCC2)c2ccccc21. The molecule has 3 aliphatic rings. The number of carbonyl (C=O) groups is 1. The number of likely N-dealkylation sites (N-methyl/N-ethyl adjacent to an activating group) is 1. The molecular weight excluding hydrogens is 492 g/mol. The summed E-state index contributed by atoms with van der Waals surface area (Å²) in [5, 5.41) is 12.5. The number of quaternary nitrogens is 1. The number of nitrogens with one attached hydrogen (secondary N) is 1. The molecule has 0 radical (unpaired) electrons. The molecule has 1 spiro atoms. The van der Waals surface area contributed by atoms with Gasteiger partial charge in [0.2, 0.25) is 0 Å². The Morgan fingerprint density at radius 2 is 1.67 bits per heavy atom. The van der Waals surface area contributed by atoms with Gasteiger partial charge in [-0.05, 0) is 55.3 Å². The minimum absolute atomic E-state index is 0.285. The fourth-order valence-electron chi connectivity index (χ4n) is 6.69. The van der Waals surface area contributed by atoms with Gasteiger partial charge in [-0.1, -0.05) is 54.6 Å². The van der Waals surface area contributed by atoms with E-state index >= 15 is 0 Å². The van der Waals surface area contributed by atoms with Gasteiger partial charge in [0.15, 0.2) is 0 Å². The molecule has 204 valence electrons. The summed E-state index contributed by atoms with van der Waals surface area (Å²) in [5.41, 5.74) is 5.98. The molecule has 6 rings (SSSR count).